The third-order valence-corrected chi connectivity index (χ3v) is 13.1. The zero-order chi connectivity index (χ0) is 54.8. The molecule has 0 saturated heterocycles. The maximum atomic E-state index is 12.9. The van der Waals surface area contributed by atoms with Gasteiger partial charge in [0.25, 0.3) is 0 Å². The lowest BCUT2D eigenvalue weighted by Crippen LogP contribution is -2.44. The quantitative estimate of drug-likeness (QED) is 0.0195. The van der Waals surface area contributed by atoms with Gasteiger partial charge in [0.05, 0.1) is 40.3 Å². The second-order valence-electron chi connectivity index (χ2n) is 21.6. The van der Waals surface area contributed by atoms with E-state index in [1.807, 2.05) is 21.1 Å². The van der Waals surface area contributed by atoms with Gasteiger partial charge in [0.1, 0.15) is 13.2 Å². The molecule has 0 radical (unpaired) electrons. The Kier molecular flexibility index (Phi) is 54.0. The third kappa shape index (κ3) is 58.0. The molecule has 0 aliphatic heterocycles. The number of carbonyl (C=O) groups excluding carboxylic acids is 3. The lowest BCUT2D eigenvalue weighted by atomic mass is 10.0. The molecule has 0 aliphatic rings. The number of likely N-dealkylation sites (N-methyl/N-ethyl adjacent to an activating group) is 1. The minimum atomic E-state index is -1.62. The summed E-state index contributed by atoms with van der Waals surface area (Å²) in [5, 5.41) is 11.8. The Bertz CT molecular complexity index is 1500. The molecule has 0 rings (SSSR count). The maximum absolute atomic E-state index is 12.9. The van der Waals surface area contributed by atoms with Crippen molar-refractivity contribution in [2.75, 3.05) is 47.5 Å². The van der Waals surface area contributed by atoms with Crippen molar-refractivity contribution >= 4 is 17.9 Å². The summed E-state index contributed by atoms with van der Waals surface area (Å²) in [6.07, 6.45) is 72.3. The maximum Gasteiger partial charge on any atom is 0.306 e. The molecule has 2 atom stereocenters. The van der Waals surface area contributed by atoms with E-state index in [2.05, 4.69) is 98.9 Å². The van der Waals surface area contributed by atoms with E-state index >= 15 is 0 Å². The van der Waals surface area contributed by atoms with Crippen molar-refractivity contribution in [3.8, 4) is 0 Å². The Balaban J connectivity index is 4.04. The van der Waals surface area contributed by atoms with Crippen LogP contribution in [-0.4, -0.2) is 82.3 Å². The molecule has 432 valence electrons. The summed E-state index contributed by atoms with van der Waals surface area (Å²) < 4.78 is 22.7. The Hall–Kier alpha value is -3.53. The van der Waals surface area contributed by atoms with Gasteiger partial charge >= 0.3 is 11.9 Å². The van der Waals surface area contributed by atoms with E-state index < -0.39 is 24.3 Å². The normalized spacial score (nSPS) is 13.3. The summed E-state index contributed by atoms with van der Waals surface area (Å²) in [6.45, 7) is 4.62. The second kappa shape index (κ2) is 56.7. The van der Waals surface area contributed by atoms with Crippen LogP contribution in [0.25, 0.3) is 0 Å². The van der Waals surface area contributed by atoms with Crippen molar-refractivity contribution < 1.29 is 42.9 Å². The van der Waals surface area contributed by atoms with E-state index in [9.17, 15) is 19.5 Å². The van der Waals surface area contributed by atoms with Crippen LogP contribution >= 0.6 is 0 Å². The lowest BCUT2D eigenvalue weighted by molar-refractivity contribution is -0.870. The predicted molar refractivity (Wildman–Crippen MR) is 315 cm³/mol. The van der Waals surface area contributed by atoms with Crippen molar-refractivity contribution in [1.29, 1.82) is 0 Å². The van der Waals surface area contributed by atoms with Gasteiger partial charge in [-0.05, 0) is 89.9 Å². The summed E-state index contributed by atoms with van der Waals surface area (Å²) in [5.74, 6) is -2.29. The van der Waals surface area contributed by atoms with Gasteiger partial charge in [0, 0.05) is 12.8 Å². The number of carboxylic acid groups (broad SMARTS) is 1. The van der Waals surface area contributed by atoms with Crippen LogP contribution in [0.5, 0.6) is 0 Å². The number of aliphatic carboxylic acids is 1. The van der Waals surface area contributed by atoms with Gasteiger partial charge in [0.15, 0.2) is 12.4 Å². The summed E-state index contributed by atoms with van der Waals surface area (Å²) in [5.41, 5.74) is 0. The molecule has 9 heteroatoms. The number of hydrogen-bond donors (Lipinski definition) is 0. The van der Waals surface area contributed by atoms with Crippen molar-refractivity contribution in [2.45, 2.75) is 270 Å². The van der Waals surface area contributed by atoms with E-state index in [1.54, 1.807) is 0 Å². The molecule has 0 spiro atoms. The third-order valence-electron chi connectivity index (χ3n) is 13.1. The minimum Gasteiger partial charge on any atom is -0.545 e. The first-order chi connectivity index (χ1) is 36.6. The number of carbonyl (C=O) groups is 3. The Morgan fingerprint density at radius 1 is 0.413 bits per heavy atom. The van der Waals surface area contributed by atoms with Gasteiger partial charge < -0.3 is 33.3 Å². The Morgan fingerprint density at radius 3 is 1.15 bits per heavy atom. The highest BCUT2D eigenvalue weighted by Gasteiger charge is 2.22. The van der Waals surface area contributed by atoms with Crippen LogP contribution in [0.15, 0.2) is 85.1 Å². The average Bonchev–Trinajstić information content (AvgIpc) is 3.38. The smallest absolute Gasteiger partial charge is 0.306 e. The highest BCUT2D eigenvalue weighted by atomic mass is 16.7. The Labute approximate surface area is 461 Å². The molecule has 2 unspecified atom stereocenters. The number of allylic oxidation sites excluding steroid dienone is 14. The van der Waals surface area contributed by atoms with Crippen molar-refractivity contribution in [3.63, 3.8) is 0 Å². The molecule has 0 saturated carbocycles. The molecule has 0 aromatic rings. The summed E-state index contributed by atoms with van der Waals surface area (Å²) in [7, 11) is 5.92. The molecule has 75 heavy (non-hydrogen) atoms. The molecule has 0 amide bonds. The van der Waals surface area contributed by atoms with Crippen LogP contribution < -0.4 is 5.11 Å². The van der Waals surface area contributed by atoms with Crippen molar-refractivity contribution in [1.82, 2.24) is 0 Å². The van der Waals surface area contributed by atoms with Crippen LogP contribution in [0.3, 0.4) is 0 Å². The van der Waals surface area contributed by atoms with Gasteiger partial charge in [-0.2, -0.15) is 0 Å². The molecular formula is C66H115NO8. The minimum absolute atomic E-state index is 0.145. The monoisotopic (exact) mass is 1050 g/mol. The van der Waals surface area contributed by atoms with E-state index in [4.69, 9.17) is 18.9 Å². The molecule has 0 aromatic heterocycles. The van der Waals surface area contributed by atoms with Gasteiger partial charge in [-0.15, -0.1) is 0 Å². The first kappa shape index (κ1) is 71.5. The van der Waals surface area contributed by atoms with Crippen LogP contribution in [0.4, 0.5) is 0 Å². The average molecular weight is 1050 g/mol. The largest absolute Gasteiger partial charge is 0.545 e. The molecule has 0 aliphatic carbocycles. The van der Waals surface area contributed by atoms with Crippen molar-refractivity contribution in [3.05, 3.63) is 85.1 Å². The predicted octanol–water partition coefficient (Wildman–Crippen LogP) is 17.0. The van der Waals surface area contributed by atoms with Gasteiger partial charge in [-0.1, -0.05) is 240 Å². The van der Waals surface area contributed by atoms with Crippen LogP contribution in [0.1, 0.15) is 258 Å². The number of esters is 2. The lowest BCUT2D eigenvalue weighted by Gasteiger charge is -2.26. The first-order valence-corrected chi connectivity index (χ1v) is 30.7. The molecule has 0 N–H and O–H groups in total. The number of quaternary nitrogens is 1. The van der Waals surface area contributed by atoms with E-state index in [0.717, 1.165) is 89.9 Å². The topological polar surface area (TPSA) is 111 Å². The SMILES string of the molecule is CC/C=C\C/C=C\C/C=C\C/C=C\C/C=C\C/C=C\CCCCCCCCCCCCCCCCCCCCC(=O)OC(COC(=O)CCCCCCC/C=C\CCCCCC)COC(OCC[N+](C)(C)C)C(=O)[O-]. The number of unbranched alkanes of at least 4 members (excludes halogenated alkanes) is 27. The molecule has 0 bridgehead atoms. The van der Waals surface area contributed by atoms with E-state index in [0.29, 0.717) is 17.4 Å². The number of hydrogen-bond acceptors (Lipinski definition) is 8. The molecule has 0 fully saturated rings. The fourth-order valence-corrected chi connectivity index (χ4v) is 8.42. The van der Waals surface area contributed by atoms with E-state index in [1.165, 1.54) is 135 Å². The highest BCUT2D eigenvalue weighted by molar-refractivity contribution is 5.70. The number of rotatable bonds is 56. The molecule has 0 aromatic carbocycles. The fourth-order valence-electron chi connectivity index (χ4n) is 8.42. The van der Waals surface area contributed by atoms with E-state index in [-0.39, 0.29) is 38.6 Å². The standard InChI is InChI=1S/C66H115NO8/c1-6-8-10-12-14-16-18-20-21-22-23-24-25-26-27-28-29-30-31-32-33-34-35-36-37-38-39-40-41-42-43-45-47-49-51-53-55-57-64(69)75-62(61-74-66(65(70)71)72-59-58-67(3,4)5)60-73-63(68)56-54-52-50-48-46-44-19-17-15-13-11-9-7-2/h8,10,14,16-17,19-21,23-24,26-27,29-30,62,66H,6-7,9,11-13,15,18,22,25,28,31-61H2,1-5H3/b10-8-,16-14-,19-17-,21-20-,24-23-,27-26-,30-29-. The number of carboxylic acids is 1. The van der Waals surface area contributed by atoms with Gasteiger partial charge in [-0.25, -0.2) is 0 Å². The first-order valence-electron chi connectivity index (χ1n) is 30.7. The zero-order valence-corrected chi connectivity index (χ0v) is 49.1. The highest BCUT2D eigenvalue weighted by Crippen LogP contribution is 2.16. The summed E-state index contributed by atoms with van der Waals surface area (Å²) >= 11 is 0. The van der Waals surface area contributed by atoms with Crippen molar-refractivity contribution in [2.24, 2.45) is 0 Å². The number of nitrogens with zero attached hydrogens (tertiary/aromatic N) is 1. The molecule has 9 nitrogen and oxygen atoms in total. The van der Waals surface area contributed by atoms with Crippen LogP contribution in [0, 0.1) is 0 Å². The Morgan fingerprint density at radius 2 is 0.760 bits per heavy atom. The fraction of sp³-hybridized carbons (Fsp3) is 0.742. The molecular weight excluding hydrogens is 935 g/mol. The van der Waals surface area contributed by atoms with Gasteiger partial charge in [0.2, 0.25) is 0 Å². The second-order valence-corrected chi connectivity index (χ2v) is 21.6. The van der Waals surface area contributed by atoms with Crippen LogP contribution in [-0.2, 0) is 33.3 Å². The van der Waals surface area contributed by atoms with Crippen LogP contribution in [0.2, 0.25) is 0 Å². The van der Waals surface area contributed by atoms with Gasteiger partial charge in [-0.3, -0.25) is 9.59 Å². The summed E-state index contributed by atoms with van der Waals surface area (Å²) in [6, 6.07) is 0. The number of ether oxygens (including phenoxy) is 4. The summed E-state index contributed by atoms with van der Waals surface area (Å²) in [4.78, 5) is 37.2. The zero-order valence-electron chi connectivity index (χ0n) is 49.1. The molecule has 0 heterocycles.